The number of hydrogen-bond donors (Lipinski definition) is 1. The molecule has 1 aromatic heterocycles. The molecule has 0 radical (unpaired) electrons. The van der Waals surface area contributed by atoms with Gasteiger partial charge in [-0.2, -0.15) is 0 Å². The minimum Gasteiger partial charge on any atom is -0.345 e. The lowest BCUT2D eigenvalue weighted by atomic mass is 9.85. The lowest BCUT2D eigenvalue weighted by Gasteiger charge is -2.31. The molecule has 1 N–H and O–H groups in total. The zero-order valence-electron chi connectivity index (χ0n) is 12.4. The Labute approximate surface area is 125 Å². The average Bonchev–Trinajstić information content (AvgIpc) is 3.09. The van der Waals surface area contributed by atoms with E-state index in [-0.39, 0.29) is 0 Å². The summed E-state index contributed by atoms with van der Waals surface area (Å²) < 4.78 is 0. The van der Waals surface area contributed by atoms with E-state index in [4.69, 9.17) is 4.98 Å². The predicted octanol–water partition coefficient (Wildman–Crippen LogP) is 3.51. The summed E-state index contributed by atoms with van der Waals surface area (Å²) in [4.78, 5) is 9.21. The molecule has 3 aliphatic rings. The van der Waals surface area contributed by atoms with Crippen molar-refractivity contribution in [1.29, 1.82) is 0 Å². The molecule has 4 heteroatoms. The summed E-state index contributed by atoms with van der Waals surface area (Å²) in [6.07, 6.45) is 9.81. The van der Waals surface area contributed by atoms with Gasteiger partial charge in [-0.05, 0) is 45.1 Å². The Kier molecular flexibility index (Phi) is 3.47. The van der Waals surface area contributed by atoms with Gasteiger partial charge in [0.15, 0.2) is 5.13 Å². The molecular formula is C16H25N3S. The first kappa shape index (κ1) is 13.1. The Morgan fingerprint density at radius 3 is 2.85 bits per heavy atom. The SMILES string of the molecule is CNCc1sc(N2CCC3CCCCC32)nc1C1CC1. The molecule has 0 spiro atoms. The molecule has 4 rings (SSSR count). The lowest BCUT2D eigenvalue weighted by molar-refractivity contribution is 0.342. The Morgan fingerprint density at radius 1 is 1.20 bits per heavy atom. The maximum Gasteiger partial charge on any atom is 0.186 e. The van der Waals surface area contributed by atoms with Crippen molar-refractivity contribution >= 4 is 16.5 Å². The smallest absolute Gasteiger partial charge is 0.186 e. The zero-order valence-corrected chi connectivity index (χ0v) is 13.2. The predicted molar refractivity (Wildman–Crippen MR) is 84.6 cm³/mol. The zero-order chi connectivity index (χ0) is 13.5. The van der Waals surface area contributed by atoms with Gasteiger partial charge in [0.1, 0.15) is 0 Å². The van der Waals surface area contributed by atoms with E-state index < -0.39 is 0 Å². The van der Waals surface area contributed by atoms with Crippen LogP contribution >= 0.6 is 11.3 Å². The Morgan fingerprint density at radius 2 is 2.05 bits per heavy atom. The van der Waals surface area contributed by atoms with Gasteiger partial charge in [0.2, 0.25) is 0 Å². The highest BCUT2D eigenvalue weighted by Crippen LogP contribution is 2.46. The molecule has 2 saturated carbocycles. The van der Waals surface area contributed by atoms with Gasteiger partial charge in [0.05, 0.1) is 5.69 Å². The van der Waals surface area contributed by atoms with Gasteiger partial charge < -0.3 is 10.2 Å². The van der Waals surface area contributed by atoms with Crippen molar-refractivity contribution in [3.8, 4) is 0 Å². The number of hydrogen-bond acceptors (Lipinski definition) is 4. The fourth-order valence-electron chi connectivity index (χ4n) is 4.08. The third kappa shape index (κ3) is 2.27. The van der Waals surface area contributed by atoms with Gasteiger partial charge in [-0.3, -0.25) is 0 Å². The van der Waals surface area contributed by atoms with Gasteiger partial charge in [-0.1, -0.05) is 12.8 Å². The van der Waals surface area contributed by atoms with E-state index in [1.807, 2.05) is 18.4 Å². The molecular weight excluding hydrogens is 266 g/mol. The first-order chi connectivity index (χ1) is 9.86. The topological polar surface area (TPSA) is 28.2 Å². The first-order valence-corrected chi connectivity index (χ1v) is 9.09. The van der Waals surface area contributed by atoms with Crippen molar-refractivity contribution in [2.24, 2.45) is 5.92 Å². The number of thiazole rings is 1. The van der Waals surface area contributed by atoms with Crippen LogP contribution in [-0.2, 0) is 6.54 Å². The summed E-state index contributed by atoms with van der Waals surface area (Å²) in [5, 5.41) is 4.64. The number of rotatable bonds is 4. The van der Waals surface area contributed by atoms with Crippen molar-refractivity contribution in [2.45, 2.75) is 63.5 Å². The Hall–Kier alpha value is -0.610. The molecule has 2 heterocycles. The van der Waals surface area contributed by atoms with Crippen LogP contribution in [0, 0.1) is 5.92 Å². The molecule has 1 saturated heterocycles. The van der Waals surface area contributed by atoms with Crippen LogP contribution in [0.15, 0.2) is 0 Å². The normalized spacial score (nSPS) is 29.8. The van der Waals surface area contributed by atoms with E-state index in [0.717, 1.165) is 24.4 Å². The number of aromatic nitrogens is 1. The number of nitrogens with zero attached hydrogens (tertiary/aromatic N) is 2. The van der Waals surface area contributed by atoms with Crippen molar-refractivity contribution in [1.82, 2.24) is 10.3 Å². The van der Waals surface area contributed by atoms with E-state index in [2.05, 4.69) is 10.2 Å². The summed E-state index contributed by atoms with van der Waals surface area (Å²) in [6, 6.07) is 0.796. The minimum absolute atomic E-state index is 0.771. The standard InChI is InChI=1S/C16H25N3S/c1-17-10-14-15(12-6-7-12)18-16(20-14)19-9-8-11-4-2-3-5-13(11)19/h11-13,17H,2-10H2,1H3. The molecule has 20 heavy (non-hydrogen) atoms. The van der Waals surface area contributed by atoms with Gasteiger partial charge in [0.25, 0.3) is 0 Å². The van der Waals surface area contributed by atoms with Crippen LogP contribution in [0.2, 0.25) is 0 Å². The molecule has 3 fully saturated rings. The molecule has 0 bridgehead atoms. The van der Waals surface area contributed by atoms with E-state index in [1.54, 1.807) is 0 Å². The van der Waals surface area contributed by atoms with Crippen LogP contribution in [-0.4, -0.2) is 24.6 Å². The van der Waals surface area contributed by atoms with Gasteiger partial charge >= 0.3 is 0 Å². The van der Waals surface area contributed by atoms with Crippen LogP contribution in [0.3, 0.4) is 0 Å². The Balaban J connectivity index is 1.59. The van der Waals surface area contributed by atoms with Crippen molar-refractivity contribution in [3.05, 3.63) is 10.6 Å². The van der Waals surface area contributed by atoms with Crippen LogP contribution in [0.5, 0.6) is 0 Å². The average molecular weight is 291 g/mol. The maximum absolute atomic E-state index is 5.07. The van der Waals surface area contributed by atoms with E-state index in [9.17, 15) is 0 Å². The van der Waals surface area contributed by atoms with Crippen LogP contribution in [0.25, 0.3) is 0 Å². The van der Waals surface area contributed by atoms with Crippen LogP contribution < -0.4 is 10.2 Å². The molecule has 3 nitrogen and oxygen atoms in total. The first-order valence-electron chi connectivity index (χ1n) is 8.27. The third-order valence-electron chi connectivity index (χ3n) is 5.27. The second-order valence-electron chi connectivity index (χ2n) is 6.70. The fourth-order valence-corrected chi connectivity index (χ4v) is 5.32. The lowest BCUT2D eigenvalue weighted by Crippen LogP contribution is -2.34. The second kappa shape index (κ2) is 5.30. The van der Waals surface area contributed by atoms with Gasteiger partial charge in [0, 0.05) is 29.9 Å². The van der Waals surface area contributed by atoms with Crippen molar-refractivity contribution in [3.63, 3.8) is 0 Å². The van der Waals surface area contributed by atoms with Crippen LogP contribution in [0.1, 0.15) is 61.4 Å². The second-order valence-corrected chi connectivity index (χ2v) is 7.77. The highest BCUT2D eigenvalue weighted by Gasteiger charge is 2.38. The van der Waals surface area contributed by atoms with Crippen molar-refractivity contribution in [2.75, 3.05) is 18.5 Å². The maximum atomic E-state index is 5.07. The highest BCUT2D eigenvalue weighted by molar-refractivity contribution is 7.15. The third-order valence-corrected chi connectivity index (χ3v) is 6.38. The number of anilines is 1. The van der Waals surface area contributed by atoms with Crippen LogP contribution in [0.4, 0.5) is 5.13 Å². The molecule has 0 aromatic carbocycles. The summed E-state index contributed by atoms with van der Waals surface area (Å²) in [6.45, 7) is 2.23. The fraction of sp³-hybridized carbons (Fsp3) is 0.812. The summed E-state index contributed by atoms with van der Waals surface area (Å²) in [5.74, 6) is 1.72. The van der Waals surface area contributed by atoms with E-state index in [1.165, 1.54) is 67.2 Å². The summed E-state index contributed by atoms with van der Waals surface area (Å²) in [5.41, 5.74) is 1.42. The molecule has 110 valence electrons. The molecule has 1 aromatic rings. The summed E-state index contributed by atoms with van der Waals surface area (Å²) >= 11 is 1.96. The molecule has 2 aliphatic carbocycles. The van der Waals surface area contributed by atoms with Crippen molar-refractivity contribution < 1.29 is 0 Å². The molecule has 0 amide bonds. The monoisotopic (exact) mass is 291 g/mol. The quantitative estimate of drug-likeness (QED) is 0.920. The molecule has 2 atom stereocenters. The Bertz CT molecular complexity index is 480. The largest absolute Gasteiger partial charge is 0.345 e. The van der Waals surface area contributed by atoms with Gasteiger partial charge in [-0.15, -0.1) is 11.3 Å². The minimum atomic E-state index is 0.771. The highest BCUT2D eigenvalue weighted by atomic mass is 32.1. The molecule has 2 unspecified atom stereocenters. The van der Waals surface area contributed by atoms with Gasteiger partial charge in [-0.25, -0.2) is 4.98 Å². The molecule has 1 aliphatic heterocycles. The van der Waals surface area contributed by atoms with E-state index in [0.29, 0.717) is 0 Å². The number of fused-ring (bicyclic) bond motifs is 1. The number of nitrogens with one attached hydrogen (secondary N) is 1. The summed E-state index contributed by atoms with van der Waals surface area (Å²) in [7, 11) is 2.04. The van der Waals surface area contributed by atoms with E-state index >= 15 is 0 Å².